The predicted molar refractivity (Wildman–Crippen MR) is 45.3 cm³/mol. The number of rotatable bonds is 1. The van der Waals surface area contributed by atoms with Gasteiger partial charge in [-0.15, -0.1) is 0 Å². The molecular weight excluding hydrogens is 245 g/mol. The molecule has 0 aliphatic rings. The van der Waals surface area contributed by atoms with E-state index in [4.69, 9.17) is 4.42 Å². The van der Waals surface area contributed by atoms with Gasteiger partial charge in [0.05, 0.1) is 0 Å². The molecule has 3 heteroatoms. The van der Waals surface area contributed by atoms with Gasteiger partial charge >= 0.3 is 74.8 Å². The van der Waals surface area contributed by atoms with Gasteiger partial charge in [0, 0.05) is 0 Å². The summed E-state index contributed by atoms with van der Waals surface area (Å²) in [6.07, 6.45) is 1.79. The Labute approximate surface area is 74.8 Å². The normalized spacial score (nSPS) is 10.6. The van der Waals surface area contributed by atoms with Crippen molar-refractivity contribution in [2.24, 2.45) is 0 Å². The molecule has 0 aromatic carbocycles. The number of nitrogens with zero attached hydrogens (tertiary/aromatic N) is 1. The number of hydrogen-bond acceptors (Lipinski definition) is 2. The van der Waals surface area contributed by atoms with E-state index in [-0.39, 0.29) is 0 Å². The molecule has 0 spiro atoms. The van der Waals surface area contributed by atoms with Crippen molar-refractivity contribution in [2.75, 3.05) is 0 Å². The summed E-state index contributed by atoms with van der Waals surface area (Å²) >= 11 is -0.421. The van der Waals surface area contributed by atoms with E-state index in [0.29, 0.717) is 0 Å². The SMILES string of the molecule is [CH3][Sn][c]1cc2ncccc2o1. The Morgan fingerprint density at radius 1 is 1.55 bits per heavy atom. The van der Waals surface area contributed by atoms with Crippen molar-refractivity contribution < 1.29 is 4.42 Å². The second-order valence-electron chi connectivity index (χ2n) is 2.25. The van der Waals surface area contributed by atoms with Gasteiger partial charge in [-0.3, -0.25) is 0 Å². The van der Waals surface area contributed by atoms with Gasteiger partial charge in [0.15, 0.2) is 0 Å². The molecule has 2 aromatic rings. The Morgan fingerprint density at radius 3 is 3.18 bits per heavy atom. The third-order valence-corrected chi connectivity index (χ3v) is 3.64. The van der Waals surface area contributed by atoms with Crippen LogP contribution in [0.15, 0.2) is 28.8 Å². The van der Waals surface area contributed by atoms with Gasteiger partial charge in [0.2, 0.25) is 0 Å². The molecule has 2 radical (unpaired) electrons. The molecule has 2 aromatic heterocycles. The average Bonchev–Trinajstić information content (AvgIpc) is 2.46. The van der Waals surface area contributed by atoms with Crippen molar-refractivity contribution >= 4 is 36.0 Å². The van der Waals surface area contributed by atoms with Crippen LogP contribution in [0.3, 0.4) is 0 Å². The van der Waals surface area contributed by atoms with Crippen molar-refractivity contribution in [3.05, 3.63) is 24.4 Å². The summed E-state index contributed by atoms with van der Waals surface area (Å²) in [5, 5.41) is 0. The fraction of sp³-hybridized carbons (Fsp3) is 0.125. The first-order chi connectivity index (χ1) is 5.40. The predicted octanol–water partition coefficient (Wildman–Crippen LogP) is 1.21. The Balaban J connectivity index is 2.69. The van der Waals surface area contributed by atoms with E-state index >= 15 is 0 Å². The van der Waals surface area contributed by atoms with E-state index < -0.39 is 21.1 Å². The number of pyridine rings is 1. The number of furan rings is 1. The van der Waals surface area contributed by atoms with Crippen LogP contribution in [0.5, 0.6) is 0 Å². The second kappa shape index (κ2) is 2.85. The third-order valence-electron chi connectivity index (χ3n) is 1.53. The first kappa shape index (κ1) is 7.15. The molecule has 0 atom stereocenters. The van der Waals surface area contributed by atoms with E-state index in [2.05, 4.69) is 16.0 Å². The molecule has 0 aliphatic heterocycles. The van der Waals surface area contributed by atoms with Crippen LogP contribution in [0, 0.1) is 0 Å². The zero-order valence-electron chi connectivity index (χ0n) is 6.16. The first-order valence-corrected chi connectivity index (χ1v) is 7.70. The molecule has 0 saturated carbocycles. The van der Waals surface area contributed by atoms with Gasteiger partial charge in [-0.1, -0.05) is 0 Å². The molecule has 2 rings (SSSR count). The molecule has 11 heavy (non-hydrogen) atoms. The Morgan fingerprint density at radius 2 is 2.45 bits per heavy atom. The molecule has 0 fully saturated rings. The maximum absolute atomic E-state index is 5.53. The molecular formula is C8H7NOSn. The molecule has 54 valence electrons. The van der Waals surface area contributed by atoms with Gasteiger partial charge in [-0.05, 0) is 0 Å². The van der Waals surface area contributed by atoms with Crippen LogP contribution < -0.4 is 3.78 Å². The zero-order valence-corrected chi connectivity index (χ0v) is 9.02. The summed E-state index contributed by atoms with van der Waals surface area (Å²) in [5.74, 6) is 0. The standard InChI is InChI=1S/C7H4NO.CH3.Sn/c1-2-7-6(8-4-1)3-5-9-7;;/h1-4H;1H3;. The first-order valence-electron chi connectivity index (χ1n) is 3.42. The summed E-state index contributed by atoms with van der Waals surface area (Å²) in [4.78, 5) is 6.42. The van der Waals surface area contributed by atoms with Crippen LogP contribution in [0.1, 0.15) is 0 Å². The van der Waals surface area contributed by atoms with Gasteiger partial charge < -0.3 is 0 Å². The number of hydrogen-bond donors (Lipinski definition) is 0. The van der Waals surface area contributed by atoms with Crippen LogP contribution in [-0.2, 0) is 0 Å². The number of aromatic nitrogens is 1. The Bertz CT molecular complexity index is 336. The van der Waals surface area contributed by atoms with Crippen molar-refractivity contribution in [3.63, 3.8) is 0 Å². The van der Waals surface area contributed by atoms with Crippen molar-refractivity contribution in [1.29, 1.82) is 0 Å². The van der Waals surface area contributed by atoms with Gasteiger partial charge in [0.25, 0.3) is 0 Å². The fourth-order valence-electron chi connectivity index (χ4n) is 0.993. The maximum atomic E-state index is 5.53. The van der Waals surface area contributed by atoms with Crippen LogP contribution in [0.25, 0.3) is 11.1 Å². The summed E-state index contributed by atoms with van der Waals surface area (Å²) in [6, 6.07) is 5.92. The van der Waals surface area contributed by atoms with E-state index in [0.717, 1.165) is 11.1 Å². The van der Waals surface area contributed by atoms with Crippen LogP contribution in [-0.4, -0.2) is 26.1 Å². The van der Waals surface area contributed by atoms with Crippen molar-refractivity contribution in [3.8, 4) is 0 Å². The molecule has 0 amide bonds. The van der Waals surface area contributed by atoms with Crippen molar-refractivity contribution in [2.45, 2.75) is 4.94 Å². The summed E-state index contributed by atoms with van der Waals surface area (Å²) in [6.45, 7) is 0. The van der Waals surface area contributed by atoms with Crippen LogP contribution >= 0.6 is 0 Å². The van der Waals surface area contributed by atoms with Gasteiger partial charge in [0.1, 0.15) is 0 Å². The van der Waals surface area contributed by atoms with E-state index in [1.165, 1.54) is 3.78 Å². The topological polar surface area (TPSA) is 26.0 Å². The van der Waals surface area contributed by atoms with Crippen LogP contribution in [0.4, 0.5) is 0 Å². The molecule has 0 unspecified atom stereocenters. The molecule has 0 bridgehead atoms. The summed E-state index contributed by atoms with van der Waals surface area (Å²) in [7, 11) is 0. The minimum absolute atomic E-state index is 0.421. The molecule has 0 saturated heterocycles. The van der Waals surface area contributed by atoms with Gasteiger partial charge in [-0.2, -0.15) is 0 Å². The average molecular weight is 252 g/mol. The molecule has 2 heterocycles. The van der Waals surface area contributed by atoms with E-state index in [1.54, 1.807) is 6.20 Å². The third kappa shape index (κ3) is 1.27. The minimum atomic E-state index is -0.421. The molecule has 2 nitrogen and oxygen atoms in total. The zero-order chi connectivity index (χ0) is 7.68. The van der Waals surface area contributed by atoms with E-state index in [9.17, 15) is 0 Å². The number of fused-ring (bicyclic) bond motifs is 1. The van der Waals surface area contributed by atoms with Crippen molar-refractivity contribution in [1.82, 2.24) is 4.98 Å². The summed E-state index contributed by atoms with van der Waals surface area (Å²) < 4.78 is 6.70. The van der Waals surface area contributed by atoms with E-state index in [1.807, 2.05) is 12.1 Å². The Kier molecular flexibility index (Phi) is 1.85. The molecule has 0 N–H and O–H groups in total. The summed E-state index contributed by atoms with van der Waals surface area (Å²) in [5.41, 5.74) is 1.91. The van der Waals surface area contributed by atoms with Crippen LogP contribution in [0.2, 0.25) is 4.94 Å². The fourth-order valence-corrected chi connectivity index (χ4v) is 2.40. The Hall–Kier alpha value is -0.511. The quantitative estimate of drug-likeness (QED) is 0.713. The van der Waals surface area contributed by atoms with Gasteiger partial charge in [-0.25, -0.2) is 0 Å². The molecule has 0 aliphatic carbocycles. The monoisotopic (exact) mass is 253 g/mol. The second-order valence-corrected chi connectivity index (χ2v) is 5.08.